The van der Waals surface area contributed by atoms with E-state index < -0.39 is 0 Å². The van der Waals surface area contributed by atoms with Gasteiger partial charge in [-0.2, -0.15) is 5.10 Å². The number of benzene rings is 1. The van der Waals surface area contributed by atoms with Crippen LogP contribution in [-0.2, 0) is 4.79 Å². The normalized spacial score (nSPS) is 21.3. The number of carbonyl (C=O) groups excluding carboxylic acids is 1. The Kier molecular flexibility index (Phi) is 3.08. The van der Waals surface area contributed by atoms with Crippen molar-refractivity contribution in [1.82, 2.24) is 15.1 Å². The number of aromatic amines is 1. The third-order valence-electron chi connectivity index (χ3n) is 5.43. The minimum Gasteiger partial charge on any atom is -0.371 e. The van der Waals surface area contributed by atoms with Crippen LogP contribution in [0.4, 0.5) is 5.69 Å². The molecule has 0 saturated carbocycles. The van der Waals surface area contributed by atoms with Crippen LogP contribution in [0.5, 0.6) is 0 Å². The smallest absolute Gasteiger partial charge is 0.222 e. The van der Waals surface area contributed by atoms with Crippen LogP contribution >= 0.6 is 11.6 Å². The van der Waals surface area contributed by atoms with Gasteiger partial charge >= 0.3 is 0 Å². The van der Waals surface area contributed by atoms with Crippen molar-refractivity contribution in [2.75, 3.05) is 25.0 Å². The predicted octanol–water partition coefficient (Wildman–Crippen LogP) is 2.81. The summed E-state index contributed by atoms with van der Waals surface area (Å²) in [5.41, 5.74) is 2.18. The first kappa shape index (κ1) is 13.9. The molecule has 2 saturated heterocycles. The minimum absolute atomic E-state index is 0.0711. The number of aromatic nitrogens is 2. The zero-order valence-corrected chi connectivity index (χ0v) is 13.4. The molecule has 0 unspecified atom stereocenters. The molecule has 116 valence electrons. The Morgan fingerprint density at radius 3 is 2.73 bits per heavy atom. The van der Waals surface area contributed by atoms with Gasteiger partial charge in [0.1, 0.15) is 0 Å². The fourth-order valence-electron chi connectivity index (χ4n) is 3.95. The number of carbonyl (C=O) groups is 1. The van der Waals surface area contributed by atoms with E-state index in [9.17, 15) is 4.79 Å². The van der Waals surface area contributed by atoms with Gasteiger partial charge in [0.2, 0.25) is 5.91 Å². The van der Waals surface area contributed by atoms with Crippen LogP contribution < -0.4 is 4.90 Å². The van der Waals surface area contributed by atoms with Gasteiger partial charge in [0, 0.05) is 48.2 Å². The van der Waals surface area contributed by atoms with Crippen molar-refractivity contribution in [1.29, 1.82) is 0 Å². The highest BCUT2D eigenvalue weighted by Gasteiger charge is 2.44. The lowest BCUT2D eigenvalue weighted by atomic mass is 9.85. The summed E-state index contributed by atoms with van der Waals surface area (Å²) in [7, 11) is 1.96. The van der Waals surface area contributed by atoms with E-state index in [4.69, 9.17) is 11.6 Å². The fourth-order valence-corrected chi connectivity index (χ4v) is 4.16. The van der Waals surface area contributed by atoms with Crippen molar-refractivity contribution >= 4 is 34.1 Å². The Labute approximate surface area is 134 Å². The number of piperidine rings is 1. The molecule has 0 radical (unpaired) electrons. The molecule has 2 fully saturated rings. The van der Waals surface area contributed by atoms with Gasteiger partial charge in [0.25, 0.3) is 0 Å². The molecule has 22 heavy (non-hydrogen) atoms. The maximum atomic E-state index is 11.9. The van der Waals surface area contributed by atoms with Gasteiger partial charge in [-0.05, 0) is 31.4 Å². The quantitative estimate of drug-likeness (QED) is 0.879. The molecule has 1 aromatic heterocycles. The third kappa shape index (κ3) is 1.99. The SMILES string of the molecule is CN1C(=O)CCC12CCN(c1cc(Cl)cc3[nH]ncc13)CC2. The molecule has 1 spiro atoms. The average molecular weight is 319 g/mol. The summed E-state index contributed by atoms with van der Waals surface area (Å²) in [6.07, 6.45) is 5.57. The molecule has 2 aliphatic heterocycles. The second-order valence-electron chi connectivity index (χ2n) is 6.42. The molecule has 0 atom stereocenters. The highest BCUT2D eigenvalue weighted by Crippen LogP contribution is 2.40. The summed E-state index contributed by atoms with van der Waals surface area (Å²) in [5, 5.41) is 8.94. The molecule has 1 aromatic carbocycles. The van der Waals surface area contributed by atoms with E-state index in [1.165, 1.54) is 0 Å². The van der Waals surface area contributed by atoms with Gasteiger partial charge in [0.05, 0.1) is 11.7 Å². The van der Waals surface area contributed by atoms with Crippen LogP contribution in [-0.4, -0.2) is 46.7 Å². The summed E-state index contributed by atoms with van der Waals surface area (Å²) >= 11 is 6.24. The monoisotopic (exact) mass is 318 g/mol. The van der Waals surface area contributed by atoms with Crippen molar-refractivity contribution < 1.29 is 4.79 Å². The van der Waals surface area contributed by atoms with Gasteiger partial charge < -0.3 is 9.80 Å². The Bertz CT molecular complexity index is 733. The molecule has 0 bridgehead atoms. The number of hydrogen-bond acceptors (Lipinski definition) is 3. The first-order chi connectivity index (χ1) is 10.6. The molecule has 4 rings (SSSR count). The van der Waals surface area contributed by atoms with Gasteiger partial charge in [-0.1, -0.05) is 11.6 Å². The number of nitrogens with zero attached hydrogens (tertiary/aromatic N) is 3. The predicted molar refractivity (Wildman–Crippen MR) is 87.3 cm³/mol. The number of nitrogens with one attached hydrogen (secondary N) is 1. The van der Waals surface area contributed by atoms with Gasteiger partial charge in [0.15, 0.2) is 0 Å². The first-order valence-electron chi connectivity index (χ1n) is 7.73. The Hall–Kier alpha value is -1.75. The largest absolute Gasteiger partial charge is 0.371 e. The van der Waals surface area contributed by atoms with Gasteiger partial charge in [-0.15, -0.1) is 0 Å². The zero-order chi connectivity index (χ0) is 15.3. The number of likely N-dealkylation sites (tertiary alicyclic amines) is 1. The summed E-state index contributed by atoms with van der Waals surface area (Å²) in [4.78, 5) is 16.2. The highest BCUT2D eigenvalue weighted by molar-refractivity contribution is 6.31. The molecule has 1 amide bonds. The summed E-state index contributed by atoms with van der Waals surface area (Å²) in [6.45, 7) is 1.89. The maximum absolute atomic E-state index is 11.9. The molecule has 3 heterocycles. The van der Waals surface area contributed by atoms with Gasteiger partial charge in [-0.25, -0.2) is 0 Å². The molecular weight excluding hydrogens is 300 g/mol. The third-order valence-corrected chi connectivity index (χ3v) is 5.64. The van der Waals surface area contributed by atoms with E-state index in [0.29, 0.717) is 6.42 Å². The van der Waals surface area contributed by atoms with Crippen LogP contribution in [0.1, 0.15) is 25.7 Å². The van der Waals surface area contributed by atoms with E-state index in [1.807, 2.05) is 30.3 Å². The number of halogens is 1. The lowest BCUT2D eigenvalue weighted by Crippen LogP contribution is -2.51. The van der Waals surface area contributed by atoms with Crippen LogP contribution in [0.15, 0.2) is 18.3 Å². The number of amides is 1. The van der Waals surface area contributed by atoms with Gasteiger partial charge in [-0.3, -0.25) is 9.89 Å². The van der Waals surface area contributed by atoms with Crippen molar-refractivity contribution in [3.63, 3.8) is 0 Å². The van der Waals surface area contributed by atoms with E-state index in [1.54, 1.807) is 0 Å². The van der Waals surface area contributed by atoms with Crippen LogP contribution in [0.3, 0.4) is 0 Å². The lowest BCUT2D eigenvalue weighted by molar-refractivity contribution is -0.130. The number of H-pyrrole nitrogens is 1. The zero-order valence-electron chi connectivity index (χ0n) is 12.6. The molecule has 0 aliphatic carbocycles. The van der Waals surface area contributed by atoms with E-state index >= 15 is 0 Å². The molecule has 2 aromatic rings. The number of anilines is 1. The van der Waals surface area contributed by atoms with Crippen molar-refractivity contribution in [2.24, 2.45) is 0 Å². The molecule has 1 N–H and O–H groups in total. The van der Waals surface area contributed by atoms with Crippen LogP contribution in [0.25, 0.3) is 10.9 Å². The summed E-state index contributed by atoms with van der Waals surface area (Å²) < 4.78 is 0. The molecule has 2 aliphatic rings. The Morgan fingerprint density at radius 2 is 2.05 bits per heavy atom. The minimum atomic E-state index is 0.0711. The molecule has 6 heteroatoms. The topological polar surface area (TPSA) is 52.2 Å². The standard InChI is InChI=1S/C16H19ClN4O/c1-20-15(22)2-3-16(20)4-6-21(7-5-16)14-9-11(17)8-13-12(14)10-18-19-13/h8-10H,2-7H2,1H3,(H,18,19). The van der Waals surface area contributed by atoms with Crippen LogP contribution in [0, 0.1) is 0 Å². The first-order valence-corrected chi connectivity index (χ1v) is 8.11. The van der Waals surface area contributed by atoms with Crippen molar-refractivity contribution in [3.05, 3.63) is 23.4 Å². The fraction of sp³-hybridized carbons (Fsp3) is 0.500. The molecular formula is C16H19ClN4O. The van der Waals surface area contributed by atoms with Crippen molar-refractivity contribution in [3.8, 4) is 0 Å². The van der Waals surface area contributed by atoms with Crippen LogP contribution in [0.2, 0.25) is 5.02 Å². The number of fused-ring (bicyclic) bond motifs is 1. The second-order valence-corrected chi connectivity index (χ2v) is 6.86. The summed E-state index contributed by atoms with van der Waals surface area (Å²) in [5.74, 6) is 0.286. The maximum Gasteiger partial charge on any atom is 0.222 e. The Morgan fingerprint density at radius 1 is 1.27 bits per heavy atom. The van der Waals surface area contributed by atoms with E-state index in [2.05, 4.69) is 15.1 Å². The highest BCUT2D eigenvalue weighted by atomic mass is 35.5. The average Bonchev–Trinajstić information content (AvgIpc) is 3.08. The lowest BCUT2D eigenvalue weighted by Gasteiger charge is -2.44. The summed E-state index contributed by atoms with van der Waals surface area (Å²) in [6, 6.07) is 3.92. The number of rotatable bonds is 1. The van der Waals surface area contributed by atoms with E-state index in [-0.39, 0.29) is 11.4 Å². The number of hydrogen-bond donors (Lipinski definition) is 1. The Balaban J connectivity index is 1.61. The van der Waals surface area contributed by atoms with E-state index in [0.717, 1.165) is 54.0 Å². The molecule has 5 nitrogen and oxygen atoms in total. The second kappa shape index (κ2) is 4.88. The van der Waals surface area contributed by atoms with Crippen molar-refractivity contribution in [2.45, 2.75) is 31.2 Å².